The first-order valence-corrected chi connectivity index (χ1v) is 8.87. The molecule has 27 heavy (non-hydrogen) atoms. The summed E-state index contributed by atoms with van der Waals surface area (Å²) in [6.45, 7) is 4.93. The molecule has 4 rings (SSSR count). The molecule has 2 aromatic heterocycles. The monoisotopic (exact) mass is 367 g/mol. The summed E-state index contributed by atoms with van der Waals surface area (Å²) in [5.74, 6) is 0.702. The molecule has 0 saturated carbocycles. The van der Waals surface area contributed by atoms with Crippen LogP contribution in [0.1, 0.15) is 10.4 Å². The minimum absolute atomic E-state index is 0.350. The molecule has 1 aliphatic rings. The van der Waals surface area contributed by atoms with Crippen molar-refractivity contribution < 1.29 is 14.3 Å². The Hall–Kier alpha value is -2.97. The number of nitrogens with two attached hydrogens (primary N) is 1. The third-order valence-corrected chi connectivity index (χ3v) is 4.58. The lowest BCUT2D eigenvalue weighted by molar-refractivity contribution is 0.0322. The van der Waals surface area contributed by atoms with E-state index in [0.717, 1.165) is 49.6 Å². The second kappa shape index (κ2) is 7.73. The van der Waals surface area contributed by atoms with Gasteiger partial charge in [-0.15, -0.1) is 0 Å². The number of carbonyl (C=O) groups is 1. The second-order valence-corrected chi connectivity index (χ2v) is 6.31. The van der Waals surface area contributed by atoms with Gasteiger partial charge in [0.15, 0.2) is 5.82 Å². The van der Waals surface area contributed by atoms with E-state index in [4.69, 9.17) is 15.2 Å². The largest absolute Gasteiger partial charge is 0.492 e. The fourth-order valence-electron chi connectivity index (χ4n) is 3.15. The summed E-state index contributed by atoms with van der Waals surface area (Å²) in [7, 11) is 0. The van der Waals surface area contributed by atoms with Gasteiger partial charge in [-0.05, 0) is 24.3 Å². The average Bonchev–Trinajstić information content (AvgIpc) is 3.12. The van der Waals surface area contributed by atoms with Crippen LogP contribution in [0.4, 0.5) is 0 Å². The maximum atomic E-state index is 11.7. The van der Waals surface area contributed by atoms with Gasteiger partial charge in [-0.25, -0.2) is 9.97 Å². The molecule has 0 bridgehead atoms. The first-order valence-electron chi connectivity index (χ1n) is 8.87. The number of morpholine rings is 1. The molecule has 1 amide bonds. The van der Waals surface area contributed by atoms with Gasteiger partial charge in [0, 0.05) is 31.9 Å². The van der Waals surface area contributed by atoms with E-state index in [2.05, 4.69) is 14.9 Å². The number of ether oxygens (including phenoxy) is 2. The maximum absolute atomic E-state index is 11.7. The second-order valence-electron chi connectivity index (χ2n) is 6.31. The summed E-state index contributed by atoms with van der Waals surface area (Å²) >= 11 is 0. The van der Waals surface area contributed by atoms with Crippen LogP contribution in [0.25, 0.3) is 16.9 Å². The highest BCUT2D eigenvalue weighted by atomic mass is 16.5. The number of fused-ring (bicyclic) bond motifs is 1. The number of carbonyl (C=O) groups excluding carboxylic acids is 1. The highest BCUT2D eigenvalue weighted by Crippen LogP contribution is 2.23. The van der Waals surface area contributed by atoms with Gasteiger partial charge in [0.05, 0.1) is 29.8 Å². The third-order valence-electron chi connectivity index (χ3n) is 4.58. The maximum Gasteiger partial charge on any atom is 0.252 e. The van der Waals surface area contributed by atoms with Crippen LogP contribution < -0.4 is 10.5 Å². The smallest absolute Gasteiger partial charge is 0.252 e. The molecule has 8 heteroatoms. The van der Waals surface area contributed by atoms with Crippen LogP contribution in [-0.2, 0) is 4.74 Å². The van der Waals surface area contributed by atoms with Crippen molar-refractivity contribution in [2.45, 2.75) is 0 Å². The van der Waals surface area contributed by atoms with Crippen molar-refractivity contribution in [1.82, 2.24) is 19.4 Å². The van der Waals surface area contributed by atoms with Gasteiger partial charge in [0.1, 0.15) is 18.7 Å². The van der Waals surface area contributed by atoms with Crippen molar-refractivity contribution in [3.63, 3.8) is 0 Å². The van der Waals surface area contributed by atoms with Crippen LogP contribution in [-0.4, -0.2) is 64.8 Å². The van der Waals surface area contributed by atoms with Crippen LogP contribution in [0.3, 0.4) is 0 Å². The predicted molar refractivity (Wildman–Crippen MR) is 100 cm³/mol. The van der Waals surface area contributed by atoms with E-state index in [1.807, 2.05) is 18.2 Å². The van der Waals surface area contributed by atoms with Crippen molar-refractivity contribution in [2.75, 3.05) is 39.5 Å². The van der Waals surface area contributed by atoms with Crippen molar-refractivity contribution in [3.8, 4) is 11.6 Å². The van der Waals surface area contributed by atoms with Crippen LogP contribution in [0.15, 0.2) is 42.9 Å². The Morgan fingerprint density at radius 2 is 2.07 bits per heavy atom. The Kier molecular flexibility index (Phi) is 4.99. The number of aromatic nitrogens is 3. The fourth-order valence-corrected chi connectivity index (χ4v) is 3.15. The van der Waals surface area contributed by atoms with Crippen LogP contribution >= 0.6 is 0 Å². The van der Waals surface area contributed by atoms with Crippen molar-refractivity contribution >= 4 is 16.9 Å². The van der Waals surface area contributed by atoms with E-state index >= 15 is 0 Å². The quantitative estimate of drug-likeness (QED) is 0.704. The molecule has 0 atom stereocenters. The fraction of sp³-hybridized carbons (Fsp3) is 0.316. The van der Waals surface area contributed by atoms with Gasteiger partial charge in [-0.2, -0.15) is 0 Å². The van der Waals surface area contributed by atoms with E-state index in [-0.39, 0.29) is 0 Å². The number of rotatable bonds is 6. The molecule has 1 aliphatic heterocycles. The molecule has 0 spiro atoms. The van der Waals surface area contributed by atoms with Crippen molar-refractivity contribution in [2.24, 2.45) is 5.73 Å². The number of benzene rings is 1. The van der Waals surface area contributed by atoms with E-state index in [9.17, 15) is 4.79 Å². The van der Waals surface area contributed by atoms with Gasteiger partial charge in [0.2, 0.25) is 0 Å². The Balaban J connectivity index is 1.51. The molecule has 1 saturated heterocycles. The zero-order valence-electron chi connectivity index (χ0n) is 14.9. The van der Waals surface area contributed by atoms with Crippen LogP contribution in [0.5, 0.6) is 5.75 Å². The Bertz CT molecular complexity index is 949. The number of hydrogen-bond donors (Lipinski definition) is 1. The topological polar surface area (TPSA) is 95.5 Å². The van der Waals surface area contributed by atoms with Gasteiger partial charge >= 0.3 is 0 Å². The summed E-state index contributed by atoms with van der Waals surface area (Å²) in [6, 6.07) is 9.03. The third kappa shape index (κ3) is 3.76. The molecule has 0 radical (unpaired) electrons. The molecule has 8 nitrogen and oxygen atoms in total. The van der Waals surface area contributed by atoms with Crippen LogP contribution in [0.2, 0.25) is 0 Å². The SMILES string of the molecule is NC(=O)c1cccnc1-n1cnc2cc(OCCN3CCOCC3)ccc21. The first-order chi connectivity index (χ1) is 13.2. The number of primary amides is 1. The number of imidazole rings is 1. The predicted octanol–water partition coefficient (Wildman–Crippen LogP) is 1.23. The first kappa shape index (κ1) is 17.4. The van der Waals surface area contributed by atoms with Gasteiger partial charge in [0.25, 0.3) is 5.91 Å². The molecule has 0 unspecified atom stereocenters. The van der Waals surface area contributed by atoms with Gasteiger partial charge in [-0.1, -0.05) is 0 Å². The minimum atomic E-state index is -0.525. The highest BCUT2D eigenvalue weighted by molar-refractivity contribution is 5.96. The average molecular weight is 367 g/mol. The summed E-state index contributed by atoms with van der Waals surface area (Å²) in [4.78, 5) is 22.7. The van der Waals surface area contributed by atoms with Gasteiger partial charge in [-0.3, -0.25) is 14.3 Å². The Morgan fingerprint density at radius 3 is 2.89 bits per heavy atom. The normalized spacial score (nSPS) is 15.1. The summed E-state index contributed by atoms with van der Waals surface area (Å²) in [5.41, 5.74) is 7.40. The molecule has 0 aliphatic carbocycles. The molecule has 3 heterocycles. The molecule has 1 aromatic carbocycles. The minimum Gasteiger partial charge on any atom is -0.492 e. The summed E-state index contributed by atoms with van der Waals surface area (Å²) in [6.07, 6.45) is 3.26. The summed E-state index contributed by atoms with van der Waals surface area (Å²) in [5, 5.41) is 0. The molecule has 3 aromatic rings. The van der Waals surface area contributed by atoms with E-state index in [1.54, 1.807) is 29.2 Å². The number of amides is 1. The van der Waals surface area contributed by atoms with E-state index in [1.165, 1.54) is 0 Å². The standard InChI is InChI=1S/C19H21N5O3/c20-18(25)15-2-1-5-21-19(15)24-13-22-16-12-14(3-4-17(16)24)27-11-8-23-6-9-26-10-7-23/h1-5,12-13H,6-11H2,(H2,20,25). The number of pyridine rings is 1. The lowest BCUT2D eigenvalue weighted by Crippen LogP contribution is -2.38. The highest BCUT2D eigenvalue weighted by Gasteiger charge is 2.14. The molecule has 1 fully saturated rings. The lowest BCUT2D eigenvalue weighted by atomic mass is 10.2. The zero-order valence-corrected chi connectivity index (χ0v) is 14.9. The van der Waals surface area contributed by atoms with Crippen LogP contribution in [0, 0.1) is 0 Å². The Morgan fingerprint density at radius 1 is 1.22 bits per heavy atom. The molecule has 2 N–H and O–H groups in total. The van der Waals surface area contributed by atoms with E-state index in [0.29, 0.717) is 18.0 Å². The molecular formula is C19H21N5O3. The van der Waals surface area contributed by atoms with E-state index < -0.39 is 5.91 Å². The van der Waals surface area contributed by atoms with Gasteiger partial charge < -0.3 is 15.2 Å². The van der Waals surface area contributed by atoms with Crippen molar-refractivity contribution in [1.29, 1.82) is 0 Å². The zero-order chi connectivity index (χ0) is 18.6. The van der Waals surface area contributed by atoms with Crippen molar-refractivity contribution in [3.05, 3.63) is 48.4 Å². The molecular weight excluding hydrogens is 346 g/mol. The number of hydrogen-bond acceptors (Lipinski definition) is 6. The lowest BCUT2D eigenvalue weighted by Gasteiger charge is -2.26. The Labute approximate surface area is 156 Å². The summed E-state index contributed by atoms with van der Waals surface area (Å²) < 4.78 is 13.0. The number of nitrogens with zero attached hydrogens (tertiary/aromatic N) is 4. The molecule has 140 valence electrons.